The second-order valence-electron chi connectivity index (χ2n) is 6.44. The molecule has 9 nitrogen and oxygen atoms in total. The monoisotopic (exact) mass is 347 g/mol. The van der Waals surface area contributed by atoms with Gasteiger partial charge in [0, 0.05) is 30.3 Å². The molecule has 0 aliphatic carbocycles. The smallest absolute Gasteiger partial charge is 0.177 e. The summed E-state index contributed by atoms with van der Waals surface area (Å²) in [4.78, 5) is 1.47. The maximum Gasteiger partial charge on any atom is 0.177 e. The van der Waals surface area contributed by atoms with Crippen LogP contribution in [0.25, 0.3) is 0 Å². The van der Waals surface area contributed by atoms with Crippen LogP contribution in [0.3, 0.4) is 0 Å². The molecule has 0 saturated heterocycles. The minimum absolute atomic E-state index is 0.369. The highest BCUT2D eigenvalue weighted by Crippen LogP contribution is 2.04. The Morgan fingerprint density at radius 2 is 1.48 bits per heavy atom. The molecule has 0 aliphatic rings. The molecule has 138 valence electrons. The van der Waals surface area contributed by atoms with Crippen LogP contribution in [0.4, 0.5) is 0 Å². The van der Waals surface area contributed by atoms with Crippen molar-refractivity contribution < 1.29 is 0 Å². The topological polar surface area (TPSA) is 103 Å². The van der Waals surface area contributed by atoms with Gasteiger partial charge in [-0.3, -0.25) is 0 Å². The Kier molecular flexibility index (Phi) is 8.45. The molecular formula is C16H29N9. The standard InChI is InChI=1S/C7H11N.C5H10N4.C4H8N4/c1-7(2)8-5-3-4-6-8;1-4(2)5-6-8-9(3)7-5;1-3(2)4-5-7-8-6-4/h3-7H,1-2H3;4H,1-3H3;3H,1-2H3,(H,5,6,7,8). The lowest BCUT2D eigenvalue weighted by atomic mass is 10.2. The highest BCUT2D eigenvalue weighted by Gasteiger charge is 2.03. The minimum atomic E-state index is 0.369. The van der Waals surface area contributed by atoms with Crippen LogP contribution in [0, 0.1) is 0 Å². The largest absolute Gasteiger partial charge is 0.352 e. The lowest BCUT2D eigenvalue weighted by Gasteiger charge is -2.03. The first kappa shape index (κ1) is 20.5. The number of nitrogens with zero attached hydrogens (tertiary/aromatic N) is 8. The SMILES string of the molecule is CC(C)c1nn[nH]n1.CC(C)c1nnn(C)n1.CC(C)n1cccc1. The molecule has 0 fully saturated rings. The Bertz CT molecular complexity index is 628. The Morgan fingerprint density at radius 1 is 0.880 bits per heavy atom. The Labute approximate surface area is 148 Å². The van der Waals surface area contributed by atoms with Gasteiger partial charge in [-0.15, -0.1) is 20.4 Å². The molecule has 0 aromatic carbocycles. The van der Waals surface area contributed by atoms with Crippen molar-refractivity contribution in [3.05, 3.63) is 36.2 Å². The summed E-state index contributed by atoms with van der Waals surface area (Å²) in [6.07, 6.45) is 4.15. The summed E-state index contributed by atoms with van der Waals surface area (Å²) in [5, 5.41) is 24.8. The molecule has 3 rings (SSSR count). The van der Waals surface area contributed by atoms with E-state index in [9.17, 15) is 0 Å². The third-order valence-corrected chi connectivity index (χ3v) is 3.14. The zero-order valence-corrected chi connectivity index (χ0v) is 16.1. The lowest BCUT2D eigenvalue weighted by Crippen LogP contribution is -1.94. The van der Waals surface area contributed by atoms with E-state index in [0.29, 0.717) is 17.9 Å². The molecule has 1 N–H and O–H groups in total. The van der Waals surface area contributed by atoms with E-state index in [2.05, 4.69) is 66.8 Å². The maximum absolute atomic E-state index is 4.00. The fourth-order valence-corrected chi connectivity index (χ4v) is 1.64. The van der Waals surface area contributed by atoms with Crippen LogP contribution < -0.4 is 0 Å². The molecule has 0 aliphatic heterocycles. The van der Waals surface area contributed by atoms with Crippen molar-refractivity contribution in [2.24, 2.45) is 7.05 Å². The van der Waals surface area contributed by atoms with Crippen LogP contribution >= 0.6 is 0 Å². The Hall–Kier alpha value is -2.58. The van der Waals surface area contributed by atoms with Crippen LogP contribution in [0.5, 0.6) is 0 Å². The molecule has 0 spiro atoms. The summed E-state index contributed by atoms with van der Waals surface area (Å²) in [6, 6.07) is 4.69. The number of hydrogen-bond acceptors (Lipinski definition) is 6. The molecule has 0 saturated carbocycles. The molecule has 0 amide bonds. The lowest BCUT2D eigenvalue weighted by molar-refractivity contribution is 0.604. The minimum Gasteiger partial charge on any atom is -0.352 e. The van der Waals surface area contributed by atoms with Crippen LogP contribution in [0.15, 0.2) is 24.5 Å². The van der Waals surface area contributed by atoms with Gasteiger partial charge < -0.3 is 4.57 Å². The van der Waals surface area contributed by atoms with Gasteiger partial charge in [0.2, 0.25) is 0 Å². The van der Waals surface area contributed by atoms with Crippen molar-refractivity contribution in [1.29, 1.82) is 0 Å². The van der Waals surface area contributed by atoms with Gasteiger partial charge in [0.25, 0.3) is 0 Å². The van der Waals surface area contributed by atoms with Crippen LogP contribution in [0.2, 0.25) is 0 Å². The highest BCUT2D eigenvalue weighted by atomic mass is 15.6. The molecule has 3 aromatic rings. The number of aryl methyl sites for hydroxylation is 1. The van der Waals surface area contributed by atoms with E-state index in [1.807, 2.05) is 39.8 Å². The van der Waals surface area contributed by atoms with Crippen molar-refractivity contribution in [2.75, 3.05) is 0 Å². The van der Waals surface area contributed by atoms with E-state index in [1.54, 1.807) is 7.05 Å². The second-order valence-corrected chi connectivity index (χ2v) is 6.44. The van der Waals surface area contributed by atoms with Gasteiger partial charge >= 0.3 is 0 Å². The summed E-state index contributed by atoms with van der Waals surface area (Å²) in [5.41, 5.74) is 0. The van der Waals surface area contributed by atoms with E-state index in [1.165, 1.54) is 4.80 Å². The number of rotatable bonds is 3. The van der Waals surface area contributed by atoms with E-state index in [4.69, 9.17) is 0 Å². The normalized spacial score (nSPS) is 10.5. The molecule has 25 heavy (non-hydrogen) atoms. The highest BCUT2D eigenvalue weighted by molar-refractivity contribution is 4.91. The first-order valence-electron chi connectivity index (χ1n) is 8.40. The van der Waals surface area contributed by atoms with Gasteiger partial charge in [-0.2, -0.15) is 10.0 Å². The quantitative estimate of drug-likeness (QED) is 0.781. The fraction of sp³-hybridized carbons (Fsp3) is 0.625. The predicted molar refractivity (Wildman–Crippen MR) is 96.0 cm³/mol. The van der Waals surface area contributed by atoms with E-state index >= 15 is 0 Å². The summed E-state index contributed by atoms with van der Waals surface area (Å²) in [5.74, 6) is 2.31. The Morgan fingerprint density at radius 3 is 1.72 bits per heavy atom. The zero-order valence-electron chi connectivity index (χ0n) is 16.1. The van der Waals surface area contributed by atoms with Crippen molar-refractivity contribution >= 4 is 0 Å². The molecule has 0 radical (unpaired) electrons. The average Bonchev–Trinajstić information content (AvgIpc) is 3.31. The van der Waals surface area contributed by atoms with E-state index in [0.717, 1.165) is 11.6 Å². The molecule has 3 heterocycles. The Balaban J connectivity index is 0.000000188. The average molecular weight is 347 g/mol. The molecule has 3 aromatic heterocycles. The maximum atomic E-state index is 4.00. The molecule has 0 unspecified atom stereocenters. The second kappa shape index (κ2) is 10.3. The fourth-order valence-electron chi connectivity index (χ4n) is 1.64. The van der Waals surface area contributed by atoms with E-state index in [-0.39, 0.29) is 0 Å². The van der Waals surface area contributed by atoms with Crippen LogP contribution in [0.1, 0.15) is 71.1 Å². The first-order chi connectivity index (χ1) is 11.8. The number of tetrazole rings is 2. The van der Waals surface area contributed by atoms with Gasteiger partial charge in [-0.05, 0) is 31.2 Å². The summed E-state index contributed by atoms with van der Waals surface area (Å²) < 4.78 is 2.17. The van der Waals surface area contributed by atoms with Gasteiger partial charge in [-0.25, -0.2) is 0 Å². The predicted octanol–water partition coefficient (Wildman–Crippen LogP) is 2.73. The van der Waals surface area contributed by atoms with Crippen molar-refractivity contribution in [2.45, 2.75) is 59.4 Å². The summed E-state index contributed by atoms with van der Waals surface area (Å²) >= 11 is 0. The number of H-pyrrole nitrogens is 1. The van der Waals surface area contributed by atoms with Gasteiger partial charge in [0.15, 0.2) is 11.6 Å². The molecule has 0 atom stereocenters. The number of nitrogens with one attached hydrogen (secondary N) is 1. The van der Waals surface area contributed by atoms with Crippen LogP contribution in [-0.2, 0) is 7.05 Å². The van der Waals surface area contributed by atoms with Crippen molar-refractivity contribution in [1.82, 2.24) is 45.4 Å². The van der Waals surface area contributed by atoms with Crippen molar-refractivity contribution in [3.8, 4) is 0 Å². The third kappa shape index (κ3) is 7.69. The van der Waals surface area contributed by atoms with E-state index < -0.39 is 0 Å². The summed E-state index contributed by atoms with van der Waals surface area (Å²) in [6.45, 7) is 12.4. The number of hydrogen-bond donors (Lipinski definition) is 1. The van der Waals surface area contributed by atoms with Gasteiger partial charge in [0.1, 0.15) is 0 Å². The van der Waals surface area contributed by atoms with Gasteiger partial charge in [0.05, 0.1) is 7.05 Å². The molecule has 9 heteroatoms. The number of aromatic amines is 1. The third-order valence-electron chi connectivity index (χ3n) is 3.14. The summed E-state index contributed by atoms with van der Waals surface area (Å²) in [7, 11) is 1.76. The molecular weight excluding hydrogens is 318 g/mol. The number of aromatic nitrogens is 9. The van der Waals surface area contributed by atoms with Gasteiger partial charge in [-0.1, -0.05) is 32.9 Å². The first-order valence-corrected chi connectivity index (χ1v) is 8.40. The van der Waals surface area contributed by atoms with Crippen molar-refractivity contribution in [3.63, 3.8) is 0 Å². The van der Waals surface area contributed by atoms with Crippen LogP contribution in [-0.4, -0.2) is 45.4 Å². The molecule has 0 bridgehead atoms. The zero-order chi connectivity index (χ0) is 18.8.